The fraction of sp³-hybridized carbons (Fsp3) is 0.200. The molecule has 3 rings (SSSR count). The maximum atomic E-state index is 13.8. The van der Waals surface area contributed by atoms with E-state index in [1.807, 2.05) is 0 Å². The fourth-order valence-corrected chi connectivity index (χ4v) is 2.59. The van der Waals surface area contributed by atoms with Crippen molar-refractivity contribution in [1.82, 2.24) is 10.3 Å². The molecule has 5 nitrogen and oxygen atoms in total. The first kappa shape index (κ1) is 20.4. The molecule has 0 spiro atoms. The second kappa shape index (κ2) is 8.76. The lowest BCUT2D eigenvalue weighted by atomic mass is 10.2. The summed E-state index contributed by atoms with van der Waals surface area (Å²) in [4.78, 5) is 16.0. The van der Waals surface area contributed by atoms with Crippen LogP contribution in [0.5, 0.6) is 5.75 Å². The van der Waals surface area contributed by atoms with Crippen molar-refractivity contribution in [2.45, 2.75) is 25.7 Å². The fourth-order valence-electron chi connectivity index (χ4n) is 2.59. The number of nitrogens with zero attached hydrogens (tertiary/aromatic N) is 1. The van der Waals surface area contributed by atoms with Gasteiger partial charge in [-0.2, -0.15) is 0 Å². The molecule has 1 N–H and O–H groups in total. The lowest BCUT2D eigenvalue weighted by molar-refractivity contribution is -0.274. The number of carbonyl (C=O) groups is 1. The summed E-state index contributed by atoms with van der Waals surface area (Å²) in [6.07, 6.45) is -3.29. The summed E-state index contributed by atoms with van der Waals surface area (Å²) in [6, 6.07) is 11.6. The van der Waals surface area contributed by atoms with Crippen molar-refractivity contribution in [2.75, 3.05) is 0 Å². The van der Waals surface area contributed by atoms with Gasteiger partial charge in [0.2, 0.25) is 5.91 Å². The number of oxazole rings is 1. The standard InChI is InChI=1S/C20H16F4N2O3/c21-15-7-3-2-6-14(15)17-12-26-19(28-17)10-9-18(27)25-11-13-5-1-4-8-16(13)29-20(22,23)24/h1-8,12H,9-11H2,(H,25,27). The molecule has 0 bridgehead atoms. The summed E-state index contributed by atoms with van der Waals surface area (Å²) in [5, 5.41) is 2.53. The number of rotatable bonds is 7. The van der Waals surface area contributed by atoms with E-state index in [1.165, 1.54) is 30.5 Å². The number of alkyl halides is 3. The van der Waals surface area contributed by atoms with Crippen molar-refractivity contribution < 1.29 is 31.5 Å². The van der Waals surface area contributed by atoms with Crippen LogP contribution in [-0.2, 0) is 17.8 Å². The van der Waals surface area contributed by atoms with E-state index >= 15 is 0 Å². The van der Waals surface area contributed by atoms with Gasteiger partial charge in [-0.3, -0.25) is 4.79 Å². The molecular weight excluding hydrogens is 392 g/mol. The van der Waals surface area contributed by atoms with Gasteiger partial charge < -0.3 is 14.5 Å². The lowest BCUT2D eigenvalue weighted by Gasteiger charge is -2.13. The van der Waals surface area contributed by atoms with Gasteiger partial charge in [-0.05, 0) is 18.2 Å². The number of para-hydroxylation sites is 1. The molecule has 0 aliphatic heterocycles. The SMILES string of the molecule is O=C(CCc1ncc(-c2ccccc2F)o1)NCc1ccccc1OC(F)(F)F. The predicted molar refractivity (Wildman–Crippen MR) is 95.2 cm³/mol. The van der Waals surface area contributed by atoms with Gasteiger partial charge in [0.05, 0.1) is 11.8 Å². The van der Waals surface area contributed by atoms with Gasteiger partial charge in [-0.1, -0.05) is 30.3 Å². The number of amides is 1. The molecule has 152 valence electrons. The molecule has 0 aliphatic carbocycles. The highest BCUT2D eigenvalue weighted by Crippen LogP contribution is 2.26. The molecule has 2 aromatic carbocycles. The second-order valence-corrected chi connectivity index (χ2v) is 6.03. The molecule has 0 unspecified atom stereocenters. The molecule has 9 heteroatoms. The normalized spacial score (nSPS) is 11.3. The van der Waals surface area contributed by atoms with Crippen LogP contribution in [0.15, 0.2) is 59.1 Å². The van der Waals surface area contributed by atoms with Crippen LogP contribution in [0.4, 0.5) is 17.6 Å². The van der Waals surface area contributed by atoms with Gasteiger partial charge in [0.1, 0.15) is 11.6 Å². The molecule has 1 amide bonds. The first-order chi connectivity index (χ1) is 13.8. The third kappa shape index (κ3) is 5.81. The summed E-state index contributed by atoms with van der Waals surface area (Å²) in [6.45, 7) is -0.128. The Morgan fingerprint density at radius 2 is 1.83 bits per heavy atom. The average Bonchev–Trinajstić information content (AvgIpc) is 3.13. The molecule has 0 fully saturated rings. The minimum atomic E-state index is -4.82. The Labute approximate surface area is 163 Å². The summed E-state index contributed by atoms with van der Waals surface area (Å²) >= 11 is 0. The van der Waals surface area contributed by atoms with Gasteiger partial charge in [-0.25, -0.2) is 9.37 Å². The van der Waals surface area contributed by atoms with Gasteiger partial charge in [0.25, 0.3) is 0 Å². The van der Waals surface area contributed by atoms with E-state index in [-0.39, 0.29) is 47.9 Å². The van der Waals surface area contributed by atoms with Crippen LogP contribution in [-0.4, -0.2) is 17.3 Å². The highest BCUT2D eigenvalue weighted by Gasteiger charge is 2.32. The van der Waals surface area contributed by atoms with E-state index in [1.54, 1.807) is 24.3 Å². The zero-order valence-corrected chi connectivity index (χ0v) is 15.0. The molecule has 1 heterocycles. The van der Waals surface area contributed by atoms with Crippen molar-refractivity contribution in [1.29, 1.82) is 0 Å². The summed E-state index contributed by atoms with van der Waals surface area (Å²) < 4.78 is 60.5. The van der Waals surface area contributed by atoms with Gasteiger partial charge in [0.15, 0.2) is 11.7 Å². The predicted octanol–water partition coefficient (Wildman–Crippen LogP) is 4.63. The van der Waals surface area contributed by atoms with Crippen LogP contribution in [0.1, 0.15) is 17.9 Å². The highest BCUT2D eigenvalue weighted by atomic mass is 19.4. The van der Waals surface area contributed by atoms with E-state index < -0.39 is 18.1 Å². The van der Waals surface area contributed by atoms with Crippen LogP contribution in [0.3, 0.4) is 0 Å². The van der Waals surface area contributed by atoms with Crippen LogP contribution < -0.4 is 10.1 Å². The molecule has 0 saturated heterocycles. The molecule has 0 atom stereocenters. The van der Waals surface area contributed by atoms with Crippen LogP contribution in [0.2, 0.25) is 0 Å². The van der Waals surface area contributed by atoms with E-state index in [0.29, 0.717) is 0 Å². The lowest BCUT2D eigenvalue weighted by Crippen LogP contribution is -2.24. The van der Waals surface area contributed by atoms with Crippen LogP contribution in [0, 0.1) is 5.82 Å². The second-order valence-electron chi connectivity index (χ2n) is 6.03. The van der Waals surface area contributed by atoms with Crippen molar-refractivity contribution in [3.63, 3.8) is 0 Å². The number of hydrogen-bond acceptors (Lipinski definition) is 4. The van der Waals surface area contributed by atoms with Crippen LogP contribution >= 0.6 is 0 Å². The maximum Gasteiger partial charge on any atom is 0.573 e. The van der Waals surface area contributed by atoms with Crippen molar-refractivity contribution >= 4 is 5.91 Å². The first-order valence-electron chi connectivity index (χ1n) is 8.62. The Balaban J connectivity index is 1.53. The monoisotopic (exact) mass is 408 g/mol. The zero-order valence-electron chi connectivity index (χ0n) is 15.0. The highest BCUT2D eigenvalue weighted by molar-refractivity contribution is 5.76. The number of halogens is 4. The Bertz CT molecular complexity index is 986. The Morgan fingerprint density at radius 3 is 2.59 bits per heavy atom. The molecule has 0 aliphatic rings. The molecular formula is C20H16F4N2O3. The third-order valence-corrected chi connectivity index (χ3v) is 3.93. The number of aryl methyl sites for hydroxylation is 1. The Hall–Kier alpha value is -3.36. The van der Waals surface area contributed by atoms with Gasteiger partial charge in [0, 0.05) is 24.9 Å². The smallest absolute Gasteiger partial charge is 0.441 e. The van der Waals surface area contributed by atoms with Crippen LogP contribution in [0.25, 0.3) is 11.3 Å². The topological polar surface area (TPSA) is 64.4 Å². The number of nitrogens with one attached hydrogen (secondary N) is 1. The van der Waals surface area contributed by atoms with Gasteiger partial charge in [-0.15, -0.1) is 13.2 Å². The summed E-state index contributed by atoms with van der Waals surface area (Å²) in [5.41, 5.74) is 0.452. The summed E-state index contributed by atoms with van der Waals surface area (Å²) in [5.74, 6) is -0.733. The molecule has 0 saturated carbocycles. The van der Waals surface area contributed by atoms with E-state index in [9.17, 15) is 22.4 Å². The quantitative estimate of drug-likeness (QED) is 0.579. The van der Waals surface area contributed by atoms with Crippen molar-refractivity contribution in [2.24, 2.45) is 0 Å². The number of aromatic nitrogens is 1. The third-order valence-electron chi connectivity index (χ3n) is 3.93. The number of carbonyl (C=O) groups excluding carboxylic acids is 1. The van der Waals surface area contributed by atoms with E-state index in [4.69, 9.17) is 4.42 Å². The summed E-state index contributed by atoms with van der Waals surface area (Å²) in [7, 11) is 0. The molecule has 0 radical (unpaired) electrons. The molecule has 1 aromatic heterocycles. The minimum Gasteiger partial charge on any atom is -0.441 e. The van der Waals surface area contributed by atoms with Crippen molar-refractivity contribution in [3.05, 3.63) is 72.0 Å². The number of ether oxygens (including phenoxy) is 1. The average molecular weight is 408 g/mol. The zero-order chi connectivity index (χ0) is 20.9. The minimum absolute atomic E-state index is 0.000476. The molecule has 29 heavy (non-hydrogen) atoms. The largest absolute Gasteiger partial charge is 0.573 e. The maximum absolute atomic E-state index is 13.8. The number of benzene rings is 2. The van der Waals surface area contributed by atoms with E-state index in [2.05, 4.69) is 15.0 Å². The Kier molecular flexibility index (Phi) is 6.16. The van der Waals surface area contributed by atoms with Crippen molar-refractivity contribution in [3.8, 4) is 17.1 Å². The van der Waals surface area contributed by atoms with E-state index in [0.717, 1.165) is 0 Å². The molecule has 3 aromatic rings. The van der Waals surface area contributed by atoms with Gasteiger partial charge >= 0.3 is 6.36 Å². The Morgan fingerprint density at radius 1 is 1.10 bits per heavy atom. The first-order valence-corrected chi connectivity index (χ1v) is 8.62. The number of hydrogen-bond donors (Lipinski definition) is 1.